The summed E-state index contributed by atoms with van der Waals surface area (Å²) in [5, 5.41) is 5.26. The Labute approximate surface area is 164 Å². The molecule has 4 rings (SSSR count). The Morgan fingerprint density at radius 1 is 1.26 bits per heavy atom. The smallest absolute Gasteiger partial charge is 0.226 e. The second-order valence-electron chi connectivity index (χ2n) is 7.63. The molecular formula is C22H26N2O2S. The number of likely N-dealkylation sites (tertiary alicyclic amines) is 1. The lowest BCUT2D eigenvalue weighted by Crippen LogP contribution is -2.36. The molecule has 5 heteroatoms. The van der Waals surface area contributed by atoms with E-state index in [-0.39, 0.29) is 23.8 Å². The van der Waals surface area contributed by atoms with Crippen LogP contribution in [0.4, 0.5) is 0 Å². The highest BCUT2D eigenvalue weighted by Crippen LogP contribution is 2.33. The van der Waals surface area contributed by atoms with E-state index in [2.05, 4.69) is 42.6 Å². The summed E-state index contributed by atoms with van der Waals surface area (Å²) < 4.78 is 0. The minimum absolute atomic E-state index is 0.0115. The number of nitrogens with one attached hydrogen (secondary N) is 1. The maximum Gasteiger partial charge on any atom is 0.226 e. The molecule has 0 bridgehead atoms. The summed E-state index contributed by atoms with van der Waals surface area (Å²) in [6.45, 7) is 2.75. The van der Waals surface area contributed by atoms with E-state index in [4.69, 9.17) is 0 Å². The van der Waals surface area contributed by atoms with E-state index in [0.717, 1.165) is 36.1 Å². The second kappa shape index (κ2) is 7.85. The molecule has 1 saturated carbocycles. The molecule has 2 aliphatic rings. The van der Waals surface area contributed by atoms with Gasteiger partial charge in [0.15, 0.2) is 0 Å². The molecule has 2 aromatic rings. The van der Waals surface area contributed by atoms with E-state index in [9.17, 15) is 9.59 Å². The van der Waals surface area contributed by atoms with Crippen LogP contribution in [0.3, 0.4) is 0 Å². The molecule has 1 saturated heterocycles. The van der Waals surface area contributed by atoms with Gasteiger partial charge in [-0.3, -0.25) is 9.59 Å². The molecule has 1 aliphatic carbocycles. The molecule has 1 N–H and O–H groups in total. The minimum Gasteiger partial charge on any atom is -0.344 e. The summed E-state index contributed by atoms with van der Waals surface area (Å²) >= 11 is 1.65. The fourth-order valence-electron chi connectivity index (χ4n) is 3.85. The monoisotopic (exact) mass is 382 g/mol. The number of nitrogens with zero attached hydrogens (tertiary/aromatic N) is 1. The molecule has 0 unspecified atom stereocenters. The van der Waals surface area contributed by atoms with Crippen LogP contribution in [0.5, 0.6) is 0 Å². The summed E-state index contributed by atoms with van der Waals surface area (Å²) in [6, 6.07) is 12.8. The van der Waals surface area contributed by atoms with Gasteiger partial charge in [-0.25, -0.2) is 0 Å². The number of carbonyl (C=O) groups excluding carboxylic acids is 2. The van der Waals surface area contributed by atoms with Crippen molar-refractivity contribution >= 4 is 23.2 Å². The first kappa shape index (κ1) is 18.2. The average molecular weight is 383 g/mol. The van der Waals surface area contributed by atoms with E-state index in [1.165, 1.54) is 5.56 Å². The fourth-order valence-corrected chi connectivity index (χ4v) is 4.65. The zero-order chi connectivity index (χ0) is 18.8. The second-order valence-corrected chi connectivity index (χ2v) is 8.61. The van der Waals surface area contributed by atoms with Crippen molar-refractivity contribution in [3.63, 3.8) is 0 Å². The van der Waals surface area contributed by atoms with Crippen LogP contribution in [0, 0.1) is 5.92 Å². The maximum absolute atomic E-state index is 12.9. The van der Waals surface area contributed by atoms with E-state index in [1.54, 1.807) is 11.3 Å². The van der Waals surface area contributed by atoms with Gasteiger partial charge >= 0.3 is 0 Å². The zero-order valence-electron chi connectivity index (χ0n) is 15.7. The molecule has 1 aliphatic heterocycles. The quantitative estimate of drug-likeness (QED) is 0.789. The van der Waals surface area contributed by atoms with Crippen molar-refractivity contribution in [2.24, 2.45) is 5.92 Å². The summed E-state index contributed by atoms with van der Waals surface area (Å²) in [5.74, 6) is -0.114. The Hall–Kier alpha value is -2.14. The molecule has 0 spiro atoms. The van der Waals surface area contributed by atoms with Crippen molar-refractivity contribution < 1.29 is 9.59 Å². The third kappa shape index (κ3) is 4.08. The van der Waals surface area contributed by atoms with E-state index >= 15 is 0 Å². The van der Waals surface area contributed by atoms with Crippen LogP contribution in [0.2, 0.25) is 0 Å². The van der Waals surface area contributed by atoms with Gasteiger partial charge in [0.05, 0.1) is 12.0 Å². The first-order valence-corrected chi connectivity index (χ1v) is 10.8. The number of rotatable bonds is 7. The summed E-state index contributed by atoms with van der Waals surface area (Å²) in [7, 11) is 0. The van der Waals surface area contributed by atoms with Gasteiger partial charge in [-0.2, -0.15) is 0 Å². The lowest BCUT2D eigenvalue weighted by atomic mass is 10.0. The van der Waals surface area contributed by atoms with Crippen LogP contribution < -0.4 is 5.32 Å². The number of amides is 2. The summed E-state index contributed by atoms with van der Waals surface area (Å²) in [4.78, 5) is 28.2. The third-order valence-electron chi connectivity index (χ3n) is 5.48. The Morgan fingerprint density at radius 3 is 2.67 bits per heavy atom. The highest BCUT2D eigenvalue weighted by Gasteiger charge is 2.42. The largest absolute Gasteiger partial charge is 0.344 e. The number of benzene rings is 1. The third-order valence-corrected chi connectivity index (χ3v) is 6.42. The SMILES string of the molecule is CCCc1ccc([C@@H](NC(=O)[C@H]2CC(=O)N(C3CC3)C2)c2cccs2)cc1. The van der Waals surface area contributed by atoms with E-state index in [1.807, 2.05) is 16.3 Å². The highest BCUT2D eigenvalue weighted by molar-refractivity contribution is 7.10. The average Bonchev–Trinajstić information content (AvgIpc) is 3.21. The normalized spacial score (nSPS) is 20.7. The lowest BCUT2D eigenvalue weighted by Gasteiger charge is -2.21. The van der Waals surface area contributed by atoms with Crippen molar-refractivity contribution in [3.05, 3.63) is 57.8 Å². The lowest BCUT2D eigenvalue weighted by molar-refractivity contribution is -0.129. The molecule has 2 heterocycles. The first-order valence-electron chi connectivity index (χ1n) is 9.87. The molecule has 2 atom stereocenters. The predicted molar refractivity (Wildman–Crippen MR) is 108 cm³/mol. The predicted octanol–water partition coefficient (Wildman–Crippen LogP) is 3.92. The molecule has 0 radical (unpaired) electrons. The van der Waals surface area contributed by atoms with Gasteiger partial charge < -0.3 is 10.2 Å². The minimum atomic E-state index is -0.236. The van der Waals surface area contributed by atoms with Gasteiger partial charge in [0, 0.05) is 23.9 Å². The van der Waals surface area contributed by atoms with Gasteiger partial charge in [-0.1, -0.05) is 43.7 Å². The molecule has 4 nitrogen and oxygen atoms in total. The standard InChI is InChI=1S/C22H26N2O2S/c1-2-4-15-6-8-16(9-7-15)21(19-5-3-12-27-19)23-22(26)17-13-20(25)24(14-17)18-10-11-18/h3,5-9,12,17-18,21H,2,4,10-11,13-14H2,1H3,(H,23,26)/t17-,21+/m0/s1. The molecule has 142 valence electrons. The zero-order valence-corrected chi connectivity index (χ0v) is 16.5. The summed E-state index contributed by atoms with van der Waals surface area (Å²) in [6.07, 6.45) is 4.70. The molecule has 27 heavy (non-hydrogen) atoms. The molecule has 1 aromatic heterocycles. The Bertz CT molecular complexity index is 796. The van der Waals surface area contributed by atoms with Crippen molar-refractivity contribution in [2.75, 3.05) is 6.54 Å². The van der Waals surface area contributed by atoms with Gasteiger partial charge in [0.1, 0.15) is 0 Å². The first-order chi connectivity index (χ1) is 13.2. The van der Waals surface area contributed by atoms with Crippen LogP contribution in [-0.4, -0.2) is 29.3 Å². The van der Waals surface area contributed by atoms with Crippen molar-refractivity contribution in [1.29, 1.82) is 0 Å². The number of aryl methyl sites for hydroxylation is 1. The number of hydrogen-bond acceptors (Lipinski definition) is 3. The van der Waals surface area contributed by atoms with Crippen molar-refractivity contribution in [2.45, 2.75) is 51.1 Å². The summed E-state index contributed by atoms with van der Waals surface area (Å²) in [5.41, 5.74) is 2.41. The maximum atomic E-state index is 12.9. The molecular weight excluding hydrogens is 356 g/mol. The van der Waals surface area contributed by atoms with Crippen LogP contribution in [0.1, 0.15) is 54.7 Å². The topological polar surface area (TPSA) is 49.4 Å². The molecule has 2 amide bonds. The Kier molecular flexibility index (Phi) is 5.30. The number of thiophene rings is 1. The van der Waals surface area contributed by atoms with Gasteiger partial charge in [0.25, 0.3) is 0 Å². The van der Waals surface area contributed by atoms with Crippen LogP contribution >= 0.6 is 11.3 Å². The Balaban J connectivity index is 1.50. The molecule has 2 fully saturated rings. The number of carbonyl (C=O) groups is 2. The number of hydrogen-bond donors (Lipinski definition) is 1. The van der Waals surface area contributed by atoms with E-state index < -0.39 is 0 Å². The van der Waals surface area contributed by atoms with Crippen LogP contribution in [-0.2, 0) is 16.0 Å². The van der Waals surface area contributed by atoms with Gasteiger partial charge in [0.2, 0.25) is 11.8 Å². The fraction of sp³-hybridized carbons (Fsp3) is 0.455. The van der Waals surface area contributed by atoms with Gasteiger partial charge in [-0.15, -0.1) is 11.3 Å². The van der Waals surface area contributed by atoms with Crippen LogP contribution in [0.25, 0.3) is 0 Å². The Morgan fingerprint density at radius 2 is 2.04 bits per heavy atom. The van der Waals surface area contributed by atoms with Crippen molar-refractivity contribution in [3.8, 4) is 0 Å². The van der Waals surface area contributed by atoms with E-state index in [0.29, 0.717) is 19.0 Å². The van der Waals surface area contributed by atoms with Crippen molar-refractivity contribution in [1.82, 2.24) is 10.2 Å². The highest BCUT2D eigenvalue weighted by atomic mass is 32.1. The van der Waals surface area contributed by atoms with Crippen LogP contribution in [0.15, 0.2) is 41.8 Å². The van der Waals surface area contributed by atoms with Gasteiger partial charge in [-0.05, 0) is 41.8 Å². The molecule has 1 aromatic carbocycles.